The predicted molar refractivity (Wildman–Crippen MR) is 149 cm³/mol. The summed E-state index contributed by atoms with van der Waals surface area (Å²) in [7, 11) is 0. The third kappa shape index (κ3) is 5.43. The van der Waals surface area contributed by atoms with Crippen LogP contribution in [0.4, 0.5) is 0 Å². The lowest BCUT2D eigenvalue weighted by Crippen LogP contribution is -2.58. The molecule has 1 N–H and O–H groups in total. The fourth-order valence-corrected chi connectivity index (χ4v) is 7.78. The van der Waals surface area contributed by atoms with Crippen molar-refractivity contribution < 1.29 is 29.0 Å². The van der Waals surface area contributed by atoms with Crippen LogP contribution in [-0.4, -0.2) is 82.3 Å². The lowest BCUT2D eigenvalue weighted by molar-refractivity contribution is -0.162. The van der Waals surface area contributed by atoms with Crippen molar-refractivity contribution in [1.29, 1.82) is 0 Å². The normalized spacial score (nSPS) is 31.8. The van der Waals surface area contributed by atoms with Crippen molar-refractivity contribution in [2.45, 2.75) is 114 Å². The fourth-order valence-electron chi connectivity index (χ4n) is 7.78. The van der Waals surface area contributed by atoms with Gasteiger partial charge in [0.05, 0.1) is 18.1 Å². The van der Waals surface area contributed by atoms with E-state index in [0.29, 0.717) is 38.8 Å². The molecule has 2 bridgehead atoms. The number of hydrogen-bond acceptors (Lipinski definition) is 6. The molecule has 3 saturated heterocycles. The molecule has 4 fully saturated rings. The van der Waals surface area contributed by atoms with Gasteiger partial charge in [-0.25, -0.2) is 0 Å². The number of aliphatic hydroxyl groups is 1. The molecular weight excluding hydrogens is 496 g/mol. The van der Waals surface area contributed by atoms with Crippen LogP contribution in [0.1, 0.15) is 90.4 Å². The number of rotatable bonds is 15. The summed E-state index contributed by atoms with van der Waals surface area (Å²) in [5, 5.41) is 9.17. The summed E-state index contributed by atoms with van der Waals surface area (Å²) >= 11 is 0. The molecule has 2 unspecified atom stereocenters. The first kappa shape index (κ1) is 29.8. The number of unbranched alkanes of at least 4 members (excludes halogenated alkanes) is 3. The van der Waals surface area contributed by atoms with Crippen molar-refractivity contribution in [2.24, 2.45) is 11.8 Å². The van der Waals surface area contributed by atoms with Crippen LogP contribution in [0, 0.1) is 11.8 Å². The van der Waals surface area contributed by atoms with Crippen LogP contribution >= 0.6 is 0 Å². The monoisotopic (exact) mass is 544 g/mol. The zero-order valence-electron chi connectivity index (χ0n) is 23.8. The number of esters is 1. The number of fused-ring (bicyclic) bond motifs is 1. The van der Waals surface area contributed by atoms with Gasteiger partial charge in [0.1, 0.15) is 17.6 Å². The molecule has 1 aliphatic carbocycles. The minimum atomic E-state index is -1.02. The minimum Gasteiger partial charge on any atom is -0.465 e. The molecule has 1 spiro atoms. The van der Waals surface area contributed by atoms with Crippen LogP contribution in [0.25, 0.3) is 0 Å². The van der Waals surface area contributed by atoms with Gasteiger partial charge < -0.3 is 24.4 Å². The summed E-state index contributed by atoms with van der Waals surface area (Å²) in [6.45, 7) is 10.9. The van der Waals surface area contributed by atoms with Crippen LogP contribution in [0.3, 0.4) is 0 Å². The van der Waals surface area contributed by atoms with Gasteiger partial charge in [-0.2, -0.15) is 0 Å². The van der Waals surface area contributed by atoms with Crippen molar-refractivity contribution in [3.8, 4) is 0 Å². The number of ether oxygens (including phenoxy) is 2. The molecule has 2 amide bonds. The molecule has 218 valence electrons. The number of carbonyl (C=O) groups excluding carboxylic acids is 3. The fraction of sp³-hybridized carbons (Fsp3) is 0.774. The maximum atomic E-state index is 14.6. The Morgan fingerprint density at radius 3 is 2.54 bits per heavy atom. The standard InChI is InChI=1S/C31H48N2O6/c1-4-7-22-38-29(37)25-24-27(35)33(20-13-8-9-14-21-34)26(31(24)18-17-30(25,6-3)39-31)28(36)32(19-5-2)23-15-11-10-12-16-23/h4-5,23-26,34H,1-2,6-22H2,3H3/t24-,25+,26?,30-,31?/m0/s1. The molecule has 39 heavy (non-hydrogen) atoms. The van der Waals surface area contributed by atoms with Crippen molar-refractivity contribution in [3.05, 3.63) is 25.3 Å². The number of amides is 2. The molecule has 4 rings (SSSR count). The molecule has 8 nitrogen and oxygen atoms in total. The molecule has 3 heterocycles. The van der Waals surface area contributed by atoms with E-state index >= 15 is 0 Å². The molecule has 3 aliphatic heterocycles. The van der Waals surface area contributed by atoms with E-state index in [9.17, 15) is 14.4 Å². The minimum absolute atomic E-state index is 0.0689. The highest BCUT2D eigenvalue weighted by atomic mass is 16.6. The quantitative estimate of drug-likeness (QED) is 0.189. The number of aliphatic hydroxyl groups excluding tert-OH is 1. The Labute approximate surface area is 233 Å². The molecule has 8 heteroatoms. The lowest BCUT2D eigenvalue weighted by atomic mass is 9.65. The zero-order chi connectivity index (χ0) is 28.0. The number of carbonyl (C=O) groups is 3. The first-order valence-corrected chi connectivity index (χ1v) is 15.2. The van der Waals surface area contributed by atoms with E-state index in [-0.39, 0.29) is 31.1 Å². The summed E-state index contributed by atoms with van der Waals surface area (Å²) < 4.78 is 12.5. The SMILES string of the molecule is C=CCCOC(=O)[C@H]1[C@H]2C(=O)N(CCCCCCO)C(C(=O)N(CC=C)C3CCCCC3)C23CC[C@]1(CC)O3. The molecule has 0 aromatic carbocycles. The molecular formula is C31H48N2O6. The third-order valence-corrected chi connectivity index (χ3v) is 9.67. The van der Waals surface area contributed by atoms with Crippen LogP contribution in [0.5, 0.6) is 0 Å². The first-order chi connectivity index (χ1) is 18.9. The zero-order valence-corrected chi connectivity index (χ0v) is 23.8. The second-order valence-corrected chi connectivity index (χ2v) is 11.8. The smallest absolute Gasteiger partial charge is 0.312 e. The number of hydrogen-bond donors (Lipinski definition) is 1. The highest BCUT2D eigenvalue weighted by Gasteiger charge is 2.79. The average Bonchev–Trinajstić information content (AvgIpc) is 3.55. The maximum absolute atomic E-state index is 14.6. The van der Waals surface area contributed by atoms with E-state index in [4.69, 9.17) is 14.6 Å². The summed E-state index contributed by atoms with van der Waals surface area (Å²) in [6, 6.07) is -0.631. The van der Waals surface area contributed by atoms with Crippen LogP contribution in [0.2, 0.25) is 0 Å². The third-order valence-electron chi connectivity index (χ3n) is 9.67. The first-order valence-electron chi connectivity index (χ1n) is 15.2. The highest BCUT2D eigenvalue weighted by Crippen LogP contribution is 2.64. The Kier molecular flexibility index (Phi) is 9.92. The molecule has 0 aromatic rings. The van der Waals surface area contributed by atoms with E-state index in [1.165, 1.54) is 6.42 Å². The van der Waals surface area contributed by atoms with Gasteiger partial charge in [0.2, 0.25) is 11.8 Å². The van der Waals surface area contributed by atoms with Crippen molar-refractivity contribution >= 4 is 17.8 Å². The van der Waals surface area contributed by atoms with Gasteiger partial charge in [-0.15, -0.1) is 13.2 Å². The van der Waals surface area contributed by atoms with Gasteiger partial charge in [0.15, 0.2) is 0 Å². The van der Waals surface area contributed by atoms with E-state index in [1.54, 1.807) is 17.1 Å². The molecule has 1 saturated carbocycles. The van der Waals surface area contributed by atoms with Gasteiger partial charge in [-0.1, -0.05) is 51.2 Å². The molecule has 5 atom stereocenters. The Morgan fingerprint density at radius 1 is 1.13 bits per heavy atom. The van der Waals surface area contributed by atoms with Gasteiger partial charge in [0, 0.05) is 25.7 Å². The maximum Gasteiger partial charge on any atom is 0.312 e. The van der Waals surface area contributed by atoms with Crippen molar-refractivity contribution in [2.75, 3.05) is 26.3 Å². The predicted octanol–water partition coefficient (Wildman–Crippen LogP) is 4.16. The second-order valence-electron chi connectivity index (χ2n) is 11.8. The Morgan fingerprint density at radius 2 is 1.87 bits per heavy atom. The summed E-state index contributed by atoms with van der Waals surface area (Å²) in [5.41, 5.74) is -1.81. The van der Waals surface area contributed by atoms with E-state index < -0.39 is 35.0 Å². The summed E-state index contributed by atoms with van der Waals surface area (Å²) in [4.78, 5) is 46.0. The van der Waals surface area contributed by atoms with E-state index in [2.05, 4.69) is 13.2 Å². The largest absolute Gasteiger partial charge is 0.465 e. The van der Waals surface area contributed by atoms with E-state index in [0.717, 1.165) is 51.4 Å². The van der Waals surface area contributed by atoms with Gasteiger partial charge in [0.25, 0.3) is 0 Å². The van der Waals surface area contributed by atoms with Crippen LogP contribution in [0.15, 0.2) is 25.3 Å². The summed E-state index contributed by atoms with van der Waals surface area (Å²) in [5.74, 6) is -2.06. The molecule has 4 aliphatic rings. The Balaban J connectivity index is 1.68. The van der Waals surface area contributed by atoms with Crippen molar-refractivity contribution in [3.63, 3.8) is 0 Å². The summed E-state index contributed by atoms with van der Waals surface area (Å²) in [6.07, 6.45) is 14.3. The van der Waals surface area contributed by atoms with E-state index in [1.807, 2.05) is 11.8 Å². The number of likely N-dealkylation sites (tertiary alicyclic amines) is 1. The topological polar surface area (TPSA) is 96.4 Å². The average molecular weight is 545 g/mol. The molecule has 0 radical (unpaired) electrons. The van der Waals surface area contributed by atoms with Gasteiger partial charge in [-0.3, -0.25) is 14.4 Å². The Hall–Kier alpha value is -2.19. The second kappa shape index (κ2) is 13.0. The van der Waals surface area contributed by atoms with Crippen LogP contribution in [-0.2, 0) is 23.9 Å². The Bertz CT molecular complexity index is 917. The molecule has 0 aromatic heterocycles. The number of nitrogens with zero attached hydrogens (tertiary/aromatic N) is 2. The highest BCUT2D eigenvalue weighted by molar-refractivity contribution is 5.98. The lowest BCUT2D eigenvalue weighted by Gasteiger charge is -2.41. The van der Waals surface area contributed by atoms with Gasteiger partial charge >= 0.3 is 5.97 Å². The van der Waals surface area contributed by atoms with Crippen LogP contribution < -0.4 is 0 Å². The van der Waals surface area contributed by atoms with Crippen molar-refractivity contribution in [1.82, 2.24) is 9.80 Å². The van der Waals surface area contributed by atoms with Gasteiger partial charge in [-0.05, 0) is 51.4 Å².